The summed E-state index contributed by atoms with van der Waals surface area (Å²) in [7, 11) is 0. The first-order chi connectivity index (χ1) is 12.6. The van der Waals surface area contributed by atoms with Gasteiger partial charge < -0.3 is 14.4 Å². The van der Waals surface area contributed by atoms with Crippen molar-refractivity contribution < 1.29 is 14.3 Å². The minimum absolute atomic E-state index is 0.0299. The summed E-state index contributed by atoms with van der Waals surface area (Å²) in [5, 5.41) is 14.8. The van der Waals surface area contributed by atoms with Crippen molar-refractivity contribution in [2.24, 2.45) is 5.92 Å². The maximum atomic E-state index is 12.9. The maximum Gasteiger partial charge on any atom is 0.254 e. The van der Waals surface area contributed by atoms with Crippen molar-refractivity contribution in [3.63, 3.8) is 0 Å². The van der Waals surface area contributed by atoms with Gasteiger partial charge in [0.2, 0.25) is 0 Å². The lowest BCUT2D eigenvalue weighted by Crippen LogP contribution is -2.38. The van der Waals surface area contributed by atoms with Crippen LogP contribution in [0.4, 0.5) is 0 Å². The Morgan fingerprint density at radius 1 is 1.31 bits per heavy atom. The molecule has 1 fully saturated rings. The molecule has 2 aliphatic rings. The number of hydrogen-bond donors (Lipinski definition) is 1. The highest BCUT2D eigenvalue weighted by molar-refractivity contribution is 5.97. The minimum Gasteiger partial charge on any atom is -0.441 e. The predicted molar refractivity (Wildman–Crippen MR) is 93.4 cm³/mol. The molecule has 1 N–H and O–H groups in total. The van der Waals surface area contributed by atoms with Gasteiger partial charge in [-0.05, 0) is 43.0 Å². The zero-order valence-electron chi connectivity index (χ0n) is 14.6. The lowest BCUT2D eigenvalue weighted by atomic mass is 10.1. The van der Waals surface area contributed by atoms with Crippen LogP contribution in [0.15, 0.2) is 28.7 Å². The van der Waals surface area contributed by atoms with Crippen LogP contribution < -0.4 is 0 Å². The fraction of sp³-hybridized carbons (Fsp3) is 0.421. The summed E-state index contributed by atoms with van der Waals surface area (Å²) < 4.78 is 7.45. The predicted octanol–water partition coefficient (Wildman–Crippen LogP) is 2.43. The molecular weight excluding hydrogens is 332 g/mol. The van der Waals surface area contributed by atoms with E-state index in [1.807, 2.05) is 21.7 Å². The molecule has 0 radical (unpaired) electrons. The average Bonchev–Trinajstić information content (AvgIpc) is 3.29. The van der Waals surface area contributed by atoms with Crippen molar-refractivity contribution in [2.75, 3.05) is 6.54 Å². The Hall–Kier alpha value is -2.67. The average molecular weight is 352 g/mol. The fourth-order valence-corrected chi connectivity index (χ4v) is 3.62. The molecule has 2 aromatic heterocycles. The van der Waals surface area contributed by atoms with Crippen LogP contribution in [-0.4, -0.2) is 37.2 Å². The maximum absolute atomic E-state index is 12.9. The van der Waals surface area contributed by atoms with Gasteiger partial charge in [0.25, 0.3) is 5.91 Å². The van der Waals surface area contributed by atoms with E-state index in [1.54, 1.807) is 19.1 Å². The van der Waals surface area contributed by atoms with Crippen LogP contribution in [0, 0.1) is 12.8 Å². The van der Waals surface area contributed by atoms with Gasteiger partial charge in [0.05, 0.1) is 24.5 Å². The van der Waals surface area contributed by atoms with Crippen molar-refractivity contribution in [3.8, 4) is 0 Å². The van der Waals surface area contributed by atoms with E-state index in [1.165, 1.54) is 0 Å². The van der Waals surface area contributed by atoms with Crippen LogP contribution in [0.25, 0.3) is 11.1 Å². The first-order valence-corrected chi connectivity index (χ1v) is 8.99. The number of benzene rings is 1. The highest BCUT2D eigenvalue weighted by atomic mass is 16.3. The van der Waals surface area contributed by atoms with E-state index in [2.05, 4.69) is 10.1 Å². The molecule has 1 saturated carbocycles. The number of aliphatic hydroxyl groups is 1. The highest BCUT2D eigenvalue weighted by Crippen LogP contribution is 2.40. The molecule has 1 aromatic carbocycles. The van der Waals surface area contributed by atoms with Crippen molar-refractivity contribution >= 4 is 17.0 Å². The van der Waals surface area contributed by atoms with Gasteiger partial charge in [0.15, 0.2) is 11.5 Å². The molecule has 1 amide bonds. The van der Waals surface area contributed by atoms with E-state index in [0.29, 0.717) is 42.6 Å². The number of aryl methyl sites for hydroxylation is 1. The lowest BCUT2D eigenvalue weighted by Gasteiger charge is -2.27. The quantitative estimate of drug-likeness (QED) is 0.783. The molecule has 0 saturated heterocycles. The number of hydrogen-bond acceptors (Lipinski definition) is 5. The third kappa shape index (κ3) is 2.59. The van der Waals surface area contributed by atoms with Crippen LogP contribution >= 0.6 is 0 Å². The summed E-state index contributed by atoms with van der Waals surface area (Å²) in [5.74, 6) is 0.910. The molecular formula is C19H20N4O3. The summed E-state index contributed by atoms with van der Waals surface area (Å²) in [5.41, 5.74) is 3.69. The smallest absolute Gasteiger partial charge is 0.254 e. The number of carbonyl (C=O) groups excluding carboxylic acids is 1. The van der Waals surface area contributed by atoms with Gasteiger partial charge in [0, 0.05) is 19.0 Å². The molecule has 3 heterocycles. The second-order valence-corrected chi connectivity index (χ2v) is 7.21. The van der Waals surface area contributed by atoms with Crippen LogP contribution in [0.1, 0.15) is 46.6 Å². The van der Waals surface area contributed by atoms with E-state index in [0.717, 1.165) is 29.7 Å². The van der Waals surface area contributed by atoms with Crippen LogP contribution in [0.5, 0.6) is 0 Å². The Bertz CT molecular complexity index is 1000. The van der Waals surface area contributed by atoms with E-state index in [4.69, 9.17) is 4.42 Å². The van der Waals surface area contributed by atoms with E-state index in [9.17, 15) is 9.90 Å². The highest BCUT2D eigenvalue weighted by Gasteiger charge is 2.33. The van der Waals surface area contributed by atoms with Crippen molar-refractivity contribution in [1.82, 2.24) is 19.7 Å². The Labute approximate surface area is 150 Å². The van der Waals surface area contributed by atoms with E-state index >= 15 is 0 Å². The number of oxazole rings is 1. The normalized spacial score (nSPS) is 18.2. The molecule has 134 valence electrons. The third-order valence-electron chi connectivity index (χ3n) is 5.22. The fourth-order valence-electron chi connectivity index (χ4n) is 3.62. The topological polar surface area (TPSA) is 84.4 Å². The first-order valence-electron chi connectivity index (χ1n) is 8.99. The number of amides is 1. The van der Waals surface area contributed by atoms with Gasteiger partial charge >= 0.3 is 0 Å². The number of aliphatic hydroxyl groups excluding tert-OH is 1. The summed E-state index contributed by atoms with van der Waals surface area (Å²) in [6.07, 6.45) is 1.66. The van der Waals surface area contributed by atoms with Crippen LogP contribution in [0.3, 0.4) is 0 Å². The zero-order valence-corrected chi connectivity index (χ0v) is 14.6. The van der Waals surface area contributed by atoms with Crippen molar-refractivity contribution in [2.45, 2.75) is 39.0 Å². The lowest BCUT2D eigenvalue weighted by molar-refractivity contribution is 0.0705. The Kier molecular flexibility index (Phi) is 3.40. The second kappa shape index (κ2) is 5.67. The molecule has 0 spiro atoms. The molecule has 0 bridgehead atoms. The van der Waals surface area contributed by atoms with Gasteiger partial charge in [-0.25, -0.2) is 4.98 Å². The summed E-state index contributed by atoms with van der Waals surface area (Å²) in [4.78, 5) is 19.0. The van der Waals surface area contributed by atoms with Crippen LogP contribution in [-0.2, 0) is 13.1 Å². The molecule has 0 unspecified atom stereocenters. The van der Waals surface area contributed by atoms with Gasteiger partial charge in [-0.15, -0.1) is 0 Å². The van der Waals surface area contributed by atoms with Gasteiger partial charge in [-0.1, -0.05) is 0 Å². The summed E-state index contributed by atoms with van der Waals surface area (Å²) in [6, 6.07) is 7.30. The largest absolute Gasteiger partial charge is 0.441 e. The standard InChI is InChI=1S/C19H20N4O3/c1-11-20-15-5-4-13(8-17(15)26-11)19(25)22-6-7-23-14(10-22)9-16(21-23)18(24)12-2-3-12/h4-5,8-9,12,18,24H,2-3,6-7,10H2,1H3/t18-/m1/s1. The second-order valence-electron chi connectivity index (χ2n) is 7.21. The molecule has 7 nitrogen and oxygen atoms in total. The first kappa shape index (κ1) is 15.6. The third-order valence-corrected chi connectivity index (χ3v) is 5.22. The monoisotopic (exact) mass is 352 g/mol. The molecule has 7 heteroatoms. The molecule has 1 aliphatic carbocycles. The van der Waals surface area contributed by atoms with E-state index in [-0.39, 0.29) is 5.91 Å². The van der Waals surface area contributed by atoms with Crippen molar-refractivity contribution in [3.05, 3.63) is 47.1 Å². The molecule has 26 heavy (non-hydrogen) atoms. The SMILES string of the molecule is Cc1nc2ccc(C(=O)N3CCn4nc([C@H](O)C5CC5)cc4C3)cc2o1. The number of aromatic nitrogens is 3. The Balaban J connectivity index is 1.38. The molecule has 1 aliphatic heterocycles. The minimum atomic E-state index is -0.477. The van der Waals surface area contributed by atoms with E-state index < -0.39 is 6.10 Å². The summed E-state index contributed by atoms with van der Waals surface area (Å²) >= 11 is 0. The van der Waals surface area contributed by atoms with Gasteiger partial charge in [0.1, 0.15) is 11.6 Å². The summed E-state index contributed by atoms with van der Waals surface area (Å²) in [6.45, 7) is 3.53. The Morgan fingerprint density at radius 2 is 2.15 bits per heavy atom. The van der Waals surface area contributed by atoms with Gasteiger partial charge in [-0.3, -0.25) is 9.48 Å². The zero-order chi connectivity index (χ0) is 17.8. The Morgan fingerprint density at radius 3 is 2.96 bits per heavy atom. The van der Waals surface area contributed by atoms with Crippen molar-refractivity contribution in [1.29, 1.82) is 0 Å². The molecule has 3 aromatic rings. The number of rotatable bonds is 3. The van der Waals surface area contributed by atoms with Crippen LogP contribution in [0.2, 0.25) is 0 Å². The number of fused-ring (bicyclic) bond motifs is 2. The molecule has 5 rings (SSSR count). The number of nitrogens with zero attached hydrogens (tertiary/aromatic N) is 4. The molecule has 1 atom stereocenters. The van der Waals surface area contributed by atoms with Gasteiger partial charge in [-0.2, -0.15) is 5.10 Å². The number of carbonyl (C=O) groups is 1.